The molecule has 120 valence electrons. The van der Waals surface area contributed by atoms with Gasteiger partial charge >= 0.3 is 0 Å². The van der Waals surface area contributed by atoms with E-state index in [1.54, 1.807) is 24.3 Å². The van der Waals surface area contributed by atoms with Crippen LogP contribution in [0.3, 0.4) is 0 Å². The number of nitrogens with zero attached hydrogens (tertiary/aromatic N) is 2. The van der Waals surface area contributed by atoms with Crippen molar-refractivity contribution in [3.8, 4) is 12.1 Å². The number of sulfone groups is 1. The van der Waals surface area contributed by atoms with Crippen LogP contribution in [0.4, 0.5) is 0 Å². The smallest absolute Gasteiger partial charge is 0.184 e. The molecule has 0 spiro atoms. The lowest BCUT2D eigenvalue weighted by atomic mass is 10.0. The fourth-order valence-electron chi connectivity index (χ4n) is 2.95. The van der Waals surface area contributed by atoms with Crippen LogP contribution in [-0.4, -0.2) is 13.7 Å². The Hall–Kier alpha value is -1.86. The molecule has 2 aromatic rings. The first-order chi connectivity index (χ1) is 11.4. The summed E-state index contributed by atoms with van der Waals surface area (Å²) in [5.41, 5.74) is -0.921. The van der Waals surface area contributed by atoms with Gasteiger partial charge in [0, 0.05) is 15.4 Å². The molecule has 0 heterocycles. The minimum Gasteiger partial charge on any atom is -0.223 e. The Bertz CT molecular complexity index is 959. The summed E-state index contributed by atoms with van der Waals surface area (Å²) in [6.07, 6.45) is 0. The van der Waals surface area contributed by atoms with Gasteiger partial charge in [-0.15, -0.1) is 0 Å². The van der Waals surface area contributed by atoms with E-state index in [-0.39, 0.29) is 4.90 Å². The van der Waals surface area contributed by atoms with Crippen molar-refractivity contribution in [2.45, 2.75) is 16.1 Å². The van der Waals surface area contributed by atoms with Crippen LogP contribution in [0.1, 0.15) is 11.5 Å². The zero-order valence-electron chi connectivity index (χ0n) is 12.1. The summed E-state index contributed by atoms with van der Waals surface area (Å²) in [5, 5.41) is 18.3. The Kier molecular flexibility index (Phi) is 4.17. The number of hydrogen-bond acceptors (Lipinski definition) is 4. The zero-order chi connectivity index (χ0) is 17.5. The minimum atomic E-state index is -3.84. The molecule has 0 saturated heterocycles. The van der Waals surface area contributed by atoms with Gasteiger partial charge in [-0.25, -0.2) is 8.42 Å². The molecule has 7 heteroatoms. The maximum Gasteiger partial charge on any atom is 0.184 e. The highest BCUT2D eigenvalue weighted by Crippen LogP contribution is 2.63. The van der Waals surface area contributed by atoms with Gasteiger partial charge in [-0.05, 0) is 42.0 Å². The van der Waals surface area contributed by atoms with Gasteiger partial charge in [0.05, 0.1) is 17.0 Å². The molecule has 2 atom stereocenters. The molecular weight excluding hydrogens is 412 g/mol. The Morgan fingerprint density at radius 1 is 1.00 bits per heavy atom. The van der Waals surface area contributed by atoms with Crippen LogP contribution in [-0.2, 0) is 9.84 Å². The monoisotopic (exact) mass is 420 g/mol. The van der Waals surface area contributed by atoms with Crippen LogP contribution in [0.2, 0.25) is 5.02 Å². The second-order valence-corrected chi connectivity index (χ2v) is 8.96. The van der Waals surface area contributed by atoms with Gasteiger partial charge < -0.3 is 0 Å². The van der Waals surface area contributed by atoms with Crippen LogP contribution in [0.5, 0.6) is 0 Å². The number of rotatable bonds is 3. The fraction of sp³-hybridized carbons (Fsp3) is 0.176. The topological polar surface area (TPSA) is 81.7 Å². The normalized spacial score (nSPS) is 21.5. The van der Waals surface area contributed by atoms with Crippen molar-refractivity contribution in [1.82, 2.24) is 0 Å². The highest BCUT2D eigenvalue weighted by molar-refractivity contribution is 9.10. The summed E-state index contributed by atoms with van der Waals surface area (Å²) >= 11 is 9.12. The van der Waals surface area contributed by atoms with Crippen molar-refractivity contribution < 1.29 is 8.42 Å². The first kappa shape index (κ1) is 17.0. The molecule has 0 radical (unpaired) electrons. The summed E-state index contributed by atoms with van der Waals surface area (Å²) in [6.45, 7) is 0. The maximum atomic E-state index is 12.9. The van der Waals surface area contributed by atoms with Crippen LogP contribution in [0.15, 0.2) is 57.9 Å². The molecule has 3 rings (SSSR count). The Morgan fingerprint density at radius 2 is 1.54 bits per heavy atom. The number of benzene rings is 2. The molecule has 0 amide bonds. The van der Waals surface area contributed by atoms with E-state index in [4.69, 9.17) is 11.6 Å². The Balaban J connectivity index is 2.09. The van der Waals surface area contributed by atoms with E-state index in [1.165, 1.54) is 24.3 Å². The van der Waals surface area contributed by atoms with E-state index >= 15 is 0 Å². The quantitative estimate of drug-likeness (QED) is 0.748. The SMILES string of the molecule is N#CC1(C#N)[C@H](c2ccc(Br)cc2)[C@@H]1S(=O)(=O)c1ccc(Cl)cc1. The van der Waals surface area contributed by atoms with Crippen molar-refractivity contribution >= 4 is 37.4 Å². The lowest BCUT2D eigenvalue weighted by Crippen LogP contribution is -2.14. The third kappa shape index (κ3) is 2.52. The second-order valence-electron chi connectivity index (χ2n) is 5.54. The molecule has 0 unspecified atom stereocenters. The Morgan fingerprint density at radius 3 is 2.04 bits per heavy atom. The maximum absolute atomic E-state index is 12.9. The summed E-state index contributed by atoms with van der Waals surface area (Å²) in [6, 6.07) is 16.6. The average Bonchev–Trinajstić information content (AvgIpc) is 3.26. The third-order valence-electron chi connectivity index (χ3n) is 4.21. The molecule has 1 aliphatic rings. The van der Waals surface area contributed by atoms with E-state index in [0.717, 1.165) is 4.47 Å². The van der Waals surface area contributed by atoms with Gasteiger partial charge in [-0.1, -0.05) is 39.7 Å². The molecule has 0 bridgehead atoms. The van der Waals surface area contributed by atoms with Crippen molar-refractivity contribution in [3.63, 3.8) is 0 Å². The molecule has 0 aliphatic heterocycles. The van der Waals surface area contributed by atoms with Crippen LogP contribution in [0.25, 0.3) is 0 Å². The fourth-order valence-corrected chi connectivity index (χ4v) is 5.54. The average molecular weight is 422 g/mol. The summed E-state index contributed by atoms with van der Waals surface area (Å²) in [4.78, 5) is 0.0615. The van der Waals surface area contributed by atoms with Crippen LogP contribution >= 0.6 is 27.5 Å². The standard InChI is InChI=1S/C17H10BrClN2O2S/c18-12-3-1-11(2-4-12)15-16(17(15,9-20)10-21)24(22,23)14-7-5-13(19)6-8-14/h1-8,15-16H/t15-,16+/m1/s1. The number of hydrogen-bond donors (Lipinski definition) is 0. The van der Waals surface area contributed by atoms with Crippen molar-refractivity contribution in [2.75, 3.05) is 0 Å². The third-order valence-corrected chi connectivity index (χ3v) is 7.23. The molecule has 0 N–H and O–H groups in total. The lowest BCUT2D eigenvalue weighted by molar-refractivity contribution is 0.591. The Labute approximate surface area is 153 Å². The number of nitriles is 2. The van der Waals surface area contributed by atoms with Gasteiger partial charge in [-0.2, -0.15) is 10.5 Å². The highest BCUT2D eigenvalue weighted by Gasteiger charge is 2.73. The zero-order valence-corrected chi connectivity index (χ0v) is 15.3. The predicted molar refractivity (Wildman–Crippen MR) is 93.0 cm³/mol. The lowest BCUT2D eigenvalue weighted by Gasteiger charge is -2.04. The largest absolute Gasteiger partial charge is 0.223 e. The van der Waals surface area contributed by atoms with Gasteiger partial charge in [-0.3, -0.25) is 0 Å². The first-order valence-corrected chi connectivity index (χ1v) is 9.66. The highest BCUT2D eigenvalue weighted by atomic mass is 79.9. The molecule has 1 fully saturated rings. The molecule has 2 aromatic carbocycles. The summed E-state index contributed by atoms with van der Waals surface area (Å²) in [5.74, 6) is -0.679. The summed E-state index contributed by atoms with van der Waals surface area (Å²) < 4.78 is 26.7. The minimum absolute atomic E-state index is 0.0615. The van der Waals surface area contributed by atoms with Crippen molar-refractivity contribution in [1.29, 1.82) is 10.5 Å². The predicted octanol–water partition coefficient (Wildman–Crippen LogP) is 4.08. The second kappa shape index (κ2) is 5.89. The van der Waals surface area contributed by atoms with Gasteiger partial charge in [0.1, 0.15) is 5.25 Å². The van der Waals surface area contributed by atoms with E-state index in [2.05, 4.69) is 15.9 Å². The molecule has 4 nitrogen and oxygen atoms in total. The van der Waals surface area contributed by atoms with Gasteiger partial charge in [0.15, 0.2) is 15.3 Å². The van der Waals surface area contributed by atoms with E-state index in [1.807, 2.05) is 12.1 Å². The molecular formula is C17H10BrClN2O2S. The number of halogens is 2. The van der Waals surface area contributed by atoms with Crippen LogP contribution in [0, 0.1) is 28.1 Å². The van der Waals surface area contributed by atoms with E-state index < -0.39 is 26.4 Å². The first-order valence-electron chi connectivity index (χ1n) is 6.94. The van der Waals surface area contributed by atoms with Gasteiger partial charge in [0.2, 0.25) is 0 Å². The van der Waals surface area contributed by atoms with E-state index in [9.17, 15) is 18.9 Å². The van der Waals surface area contributed by atoms with Crippen molar-refractivity contribution in [3.05, 3.63) is 63.6 Å². The van der Waals surface area contributed by atoms with Crippen molar-refractivity contribution in [2.24, 2.45) is 5.41 Å². The summed E-state index contributed by atoms with van der Waals surface area (Å²) in [7, 11) is -3.84. The molecule has 0 aromatic heterocycles. The molecule has 24 heavy (non-hydrogen) atoms. The molecule has 1 aliphatic carbocycles. The molecule has 1 saturated carbocycles. The van der Waals surface area contributed by atoms with E-state index in [0.29, 0.717) is 10.6 Å². The van der Waals surface area contributed by atoms with Gasteiger partial charge in [0.25, 0.3) is 0 Å². The van der Waals surface area contributed by atoms with Crippen LogP contribution < -0.4 is 0 Å².